The number of ether oxygens (including phenoxy) is 2. The van der Waals surface area contributed by atoms with Gasteiger partial charge in [-0.2, -0.15) is 0 Å². The average Bonchev–Trinajstić information content (AvgIpc) is 2.54. The van der Waals surface area contributed by atoms with Gasteiger partial charge in [0.1, 0.15) is 0 Å². The van der Waals surface area contributed by atoms with E-state index in [0.29, 0.717) is 0 Å². The summed E-state index contributed by atoms with van der Waals surface area (Å²) in [6.07, 6.45) is 0. The second-order valence-corrected chi connectivity index (χ2v) is 9.53. The van der Waals surface area contributed by atoms with Gasteiger partial charge in [0.15, 0.2) is 13.6 Å². The molecule has 0 bridgehead atoms. The minimum Gasteiger partial charge on any atom is -0.756 e. The first-order chi connectivity index (χ1) is 12.6. The topological polar surface area (TPSA) is 116 Å². The molecular formula is C18H38NO8P. The molecule has 0 spiro atoms. The number of esters is 2. The molecule has 28 heavy (non-hydrogen) atoms. The summed E-state index contributed by atoms with van der Waals surface area (Å²) < 4.78 is 29.1. The molecule has 0 aliphatic heterocycles. The van der Waals surface area contributed by atoms with Crippen LogP contribution in [0.4, 0.5) is 0 Å². The highest BCUT2D eigenvalue weighted by atomic mass is 31.2. The fraction of sp³-hybridized carbons (Fsp3) is 0.889. The normalized spacial score (nSPS) is 12.2. The Balaban J connectivity index is 0. The van der Waals surface area contributed by atoms with Crippen molar-refractivity contribution in [2.45, 2.75) is 62.3 Å². The van der Waals surface area contributed by atoms with Crippen LogP contribution in [0.15, 0.2) is 0 Å². The van der Waals surface area contributed by atoms with Crippen molar-refractivity contribution in [2.24, 2.45) is 10.8 Å². The lowest BCUT2D eigenvalue weighted by Crippen LogP contribution is -3.11. The van der Waals surface area contributed by atoms with Crippen molar-refractivity contribution in [3.8, 4) is 0 Å². The molecule has 10 heteroatoms. The zero-order valence-electron chi connectivity index (χ0n) is 18.7. The molecule has 0 heterocycles. The lowest BCUT2D eigenvalue weighted by atomic mass is 9.98. The SMILES string of the molecule is CC(C)(C)C(=O)OCOP(=O)([O-])OCOC(=O)C(C)(C)C.CC[NH+](CC)CC. The third kappa shape index (κ3) is 15.0. The van der Waals surface area contributed by atoms with Crippen LogP contribution in [0.1, 0.15) is 62.3 Å². The Labute approximate surface area is 169 Å². The number of quaternary nitrogens is 1. The molecule has 0 aliphatic carbocycles. The first-order valence-electron chi connectivity index (χ1n) is 9.38. The van der Waals surface area contributed by atoms with Crippen molar-refractivity contribution in [1.82, 2.24) is 0 Å². The van der Waals surface area contributed by atoms with Gasteiger partial charge in [0.25, 0.3) is 7.82 Å². The van der Waals surface area contributed by atoms with E-state index in [2.05, 4.69) is 39.3 Å². The van der Waals surface area contributed by atoms with Gasteiger partial charge in [0, 0.05) is 0 Å². The Hall–Kier alpha value is -0.990. The van der Waals surface area contributed by atoms with E-state index in [1.165, 1.54) is 19.6 Å². The molecule has 0 radical (unpaired) electrons. The largest absolute Gasteiger partial charge is 0.756 e. The minimum absolute atomic E-state index is 0.623. The molecule has 0 amide bonds. The van der Waals surface area contributed by atoms with Gasteiger partial charge in [0.05, 0.1) is 30.5 Å². The molecule has 0 aromatic carbocycles. The van der Waals surface area contributed by atoms with E-state index in [9.17, 15) is 19.0 Å². The van der Waals surface area contributed by atoms with Crippen LogP contribution in [0, 0.1) is 10.8 Å². The van der Waals surface area contributed by atoms with Crippen LogP contribution in [-0.4, -0.2) is 45.2 Å². The van der Waals surface area contributed by atoms with E-state index in [1.807, 2.05) is 0 Å². The molecule has 0 aromatic heterocycles. The number of phosphoric acid groups is 1. The maximum Gasteiger partial charge on any atom is 0.313 e. The van der Waals surface area contributed by atoms with E-state index >= 15 is 0 Å². The summed E-state index contributed by atoms with van der Waals surface area (Å²) in [4.78, 5) is 35.7. The number of nitrogens with one attached hydrogen (secondary N) is 1. The molecular weight excluding hydrogens is 389 g/mol. The molecule has 0 unspecified atom stereocenters. The zero-order chi connectivity index (χ0) is 22.6. The van der Waals surface area contributed by atoms with Gasteiger partial charge in [0.2, 0.25) is 0 Å². The molecule has 0 fully saturated rings. The Morgan fingerprint density at radius 1 is 0.786 bits per heavy atom. The Morgan fingerprint density at radius 2 is 1.07 bits per heavy atom. The molecule has 1 N–H and O–H groups in total. The van der Waals surface area contributed by atoms with Crippen molar-refractivity contribution in [3.05, 3.63) is 0 Å². The summed E-state index contributed by atoms with van der Waals surface area (Å²) in [6.45, 7) is 18.5. The Morgan fingerprint density at radius 3 is 1.25 bits per heavy atom. The maximum atomic E-state index is 11.4. The number of hydrogen-bond acceptors (Lipinski definition) is 8. The summed E-state index contributed by atoms with van der Waals surface area (Å²) in [5.74, 6) is -1.25. The Kier molecular flexibility index (Phi) is 13.8. The van der Waals surface area contributed by atoms with Crippen LogP contribution in [0.2, 0.25) is 0 Å². The lowest BCUT2D eigenvalue weighted by Gasteiger charge is -2.24. The third-order valence-electron chi connectivity index (χ3n) is 3.53. The van der Waals surface area contributed by atoms with Gasteiger partial charge in [-0.15, -0.1) is 0 Å². The molecule has 0 saturated heterocycles. The lowest BCUT2D eigenvalue weighted by molar-refractivity contribution is -0.894. The number of hydrogen-bond donors (Lipinski definition) is 1. The number of carbonyl (C=O) groups is 2. The quantitative estimate of drug-likeness (QED) is 0.334. The number of phosphoric ester groups is 1. The second-order valence-electron chi connectivity index (χ2n) is 8.12. The van der Waals surface area contributed by atoms with Gasteiger partial charge in [-0.25, -0.2) is 0 Å². The summed E-state index contributed by atoms with van der Waals surface area (Å²) >= 11 is 0. The van der Waals surface area contributed by atoms with E-state index in [1.54, 1.807) is 46.4 Å². The summed E-state index contributed by atoms with van der Waals surface area (Å²) in [5, 5.41) is 0. The smallest absolute Gasteiger partial charge is 0.313 e. The molecule has 0 aromatic rings. The highest BCUT2D eigenvalue weighted by molar-refractivity contribution is 7.45. The summed E-state index contributed by atoms with van der Waals surface area (Å²) in [7, 11) is -4.71. The van der Waals surface area contributed by atoms with E-state index in [4.69, 9.17) is 0 Å². The van der Waals surface area contributed by atoms with Gasteiger partial charge < -0.3 is 19.3 Å². The van der Waals surface area contributed by atoms with Crippen LogP contribution in [0.5, 0.6) is 0 Å². The monoisotopic (exact) mass is 427 g/mol. The van der Waals surface area contributed by atoms with Crippen LogP contribution < -0.4 is 9.79 Å². The van der Waals surface area contributed by atoms with E-state index < -0.39 is 44.2 Å². The fourth-order valence-corrected chi connectivity index (χ4v) is 1.95. The Bertz CT molecular complexity index is 465. The first kappa shape index (κ1) is 29.2. The highest BCUT2D eigenvalue weighted by Gasteiger charge is 2.25. The highest BCUT2D eigenvalue weighted by Crippen LogP contribution is 2.38. The minimum atomic E-state index is -4.71. The van der Waals surface area contributed by atoms with Gasteiger partial charge in [-0.05, 0) is 62.3 Å². The number of rotatable bonds is 9. The molecule has 9 nitrogen and oxygen atoms in total. The van der Waals surface area contributed by atoms with Crippen LogP contribution >= 0.6 is 7.82 Å². The summed E-state index contributed by atoms with van der Waals surface area (Å²) in [5.41, 5.74) is -1.56. The van der Waals surface area contributed by atoms with Gasteiger partial charge in [-0.3, -0.25) is 23.2 Å². The first-order valence-corrected chi connectivity index (χ1v) is 10.8. The van der Waals surface area contributed by atoms with Crippen molar-refractivity contribution < 1.29 is 42.5 Å². The molecule has 0 saturated carbocycles. The standard InChI is InChI=1S/C12H23O8P.C6H15N/c1-11(2,3)9(13)17-7-19-21(15,16)20-8-18-10(14)12(4,5)6;1-4-7(5-2)6-3/h7-8H2,1-6H3,(H,15,16);4-6H2,1-3H3. The predicted molar refractivity (Wildman–Crippen MR) is 103 cm³/mol. The van der Waals surface area contributed by atoms with Gasteiger partial charge >= 0.3 is 11.9 Å². The number of carbonyl (C=O) groups excluding carboxylic acids is 2. The molecule has 168 valence electrons. The van der Waals surface area contributed by atoms with Gasteiger partial charge in [-0.1, -0.05) is 0 Å². The zero-order valence-corrected chi connectivity index (χ0v) is 19.6. The second kappa shape index (κ2) is 13.3. The average molecular weight is 427 g/mol. The predicted octanol–water partition coefficient (Wildman–Crippen LogP) is 1.51. The van der Waals surface area contributed by atoms with Crippen molar-refractivity contribution in [1.29, 1.82) is 0 Å². The van der Waals surface area contributed by atoms with E-state index in [-0.39, 0.29) is 0 Å². The molecule has 0 atom stereocenters. The van der Waals surface area contributed by atoms with E-state index in [0.717, 1.165) is 0 Å². The van der Waals surface area contributed by atoms with Crippen LogP contribution in [-0.2, 0) is 32.7 Å². The fourth-order valence-electron chi connectivity index (χ4n) is 1.51. The van der Waals surface area contributed by atoms with Crippen LogP contribution in [0.25, 0.3) is 0 Å². The molecule has 0 rings (SSSR count). The third-order valence-corrected chi connectivity index (χ3v) is 4.37. The molecule has 0 aliphatic rings. The van der Waals surface area contributed by atoms with Crippen molar-refractivity contribution in [3.63, 3.8) is 0 Å². The van der Waals surface area contributed by atoms with Crippen LogP contribution in [0.3, 0.4) is 0 Å². The van der Waals surface area contributed by atoms with Crippen molar-refractivity contribution >= 4 is 19.8 Å². The van der Waals surface area contributed by atoms with Crippen molar-refractivity contribution in [2.75, 3.05) is 33.2 Å². The summed E-state index contributed by atoms with van der Waals surface area (Å²) in [6, 6.07) is 0. The maximum absolute atomic E-state index is 11.4.